The Kier molecular flexibility index (Phi) is 6.28. The minimum atomic E-state index is -1.10. The van der Waals surface area contributed by atoms with Gasteiger partial charge in [-0.05, 0) is 31.4 Å². The number of likely N-dealkylation sites (tertiary alicyclic amines) is 1. The van der Waals surface area contributed by atoms with E-state index in [9.17, 15) is 14.4 Å². The zero-order chi connectivity index (χ0) is 17.5. The molecular formula is C17H23N3O4. The van der Waals surface area contributed by atoms with E-state index in [0.717, 1.165) is 25.7 Å². The number of carbonyl (C=O) groups is 3. The Morgan fingerprint density at radius 3 is 2.92 bits per heavy atom. The van der Waals surface area contributed by atoms with Crippen LogP contribution in [0, 0.1) is 5.92 Å². The van der Waals surface area contributed by atoms with Crippen LogP contribution in [0.3, 0.4) is 0 Å². The van der Waals surface area contributed by atoms with Crippen molar-refractivity contribution in [2.45, 2.75) is 32.6 Å². The largest absolute Gasteiger partial charge is 0.478 e. The molecule has 2 amide bonds. The van der Waals surface area contributed by atoms with E-state index in [4.69, 9.17) is 5.11 Å². The molecule has 1 aliphatic heterocycles. The first kappa shape index (κ1) is 17.9. The van der Waals surface area contributed by atoms with Crippen LogP contribution in [-0.4, -0.2) is 52.4 Å². The second-order valence-corrected chi connectivity index (χ2v) is 5.97. The summed E-state index contributed by atoms with van der Waals surface area (Å²) in [6.07, 6.45) is 4.77. The van der Waals surface area contributed by atoms with Crippen molar-refractivity contribution < 1.29 is 19.5 Å². The lowest BCUT2D eigenvalue weighted by atomic mass is 9.96. The number of carbonyl (C=O) groups excluding carboxylic acids is 2. The number of unbranched alkanes of at least 4 members (excludes halogenated alkanes) is 1. The van der Waals surface area contributed by atoms with E-state index < -0.39 is 5.97 Å². The first-order valence-corrected chi connectivity index (χ1v) is 8.29. The second-order valence-electron chi connectivity index (χ2n) is 5.97. The molecule has 7 heteroatoms. The third-order valence-corrected chi connectivity index (χ3v) is 4.13. The molecule has 1 fully saturated rings. The summed E-state index contributed by atoms with van der Waals surface area (Å²) >= 11 is 0. The number of carboxylic acid groups (broad SMARTS) is 1. The summed E-state index contributed by atoms with van der Waals surface area (Å²) in [6.45, 7) is 3.61. The third kappa shape index (κ3) is 4.53. The number of aromatic nitrogens is 1. The first-order chi connectivity index (χ1) is 11.5. The number of rotatable bonds is 6. The number of amides is 2. The number of hydrogen-bond donors (Lipinski definition) is 2. The molecule has 0 aromatic carbocycles. The summed E-state index contributed by atoms with van der Waals surface area (Å²) < 4.78 is 0. The summed E-state index contributed by atoms with van der Waals surface area (Å²) in [6, 6.07) is 2.62. The van der Waals surface area contributed by atoms with Gasteiger partial charge in [0.15, 0.2) is 0 Å². The van der Waals surface area contributed by atoms with Crippen molar-refractivity contribution in [3.05, 3.63) is 29.6 Å². The number of carboxylic acids is 1. The van der Waals surface area contributed by atoms with Gasteiger partial charge in [0.05, 0.1) is 11.5 Å². The molecule has 1 atom stereocenters. The number of aromatic carboxylic acids is 1. The highest BCUT2D eigenvalue weighted by Crippen LogP contribution is 2.18. The van der Waals surface area contributed by atoms with Gasteiger partial charge in [0.2, 0.25) is 5.91 Å². The Labute approximate surface area is 141 Å². The van der Waals surface area contributed by atoms with Crippen LogP contribution in [0.4, 0.5) is 0 Å². The predicted octanol–water partition coefficient (Wildman–Crippen LogP) is 1.55. The number of nitrogens with zero attached hydrogens (tertiary/aromatic N) is 2. The van der Waals surface area contributed by atoms with Crippen molar-refractivity contribution in [3.63, 3.8) is 0 Å². The van der Waals surface area contributed by atoms with Crippen molar-refractivity contribution in [1.82, 2.24) is 15.2 Å². The zero-order valence-corrected chi connectivity index (χ0v) is 13.8. The SMILES string of the molecule is CCCCNC(=O)C1CCCN(C(=O)c2cc(C(=O)O)ccn2)C1. The van der Waals surface area contributed by atoms with Gasteiger partial charge in [0.1, 0.15) is 5.69 Å². The summed E-state index contributed by atoms with van der Waals surface area (Å²) in [5.74, 6) is -1.67. The molecular weight excluding hydrogens is 310 g/mol. The number of hydrogen-bond acceptors (Lipinski definition) is 4. The van der Waals surface area contributed by atoms with Crippen molar-refractivity contribution in [2.75, 3.05) is 19.6 Å². The van der Waals surface area contributed by atoms with Gasteiger partial charge in [-0.2, -0.15) is 0 Å². The lowest BCUT2D eigenvalue weighted by Gasteiger charge is -2.31. The van der Waals surface area contributed by atoms with E-state index in [1.54, 1.807) is 4.90 Å². The van der Waals surface area contributed by atoms with Crippen LogP contribution in [0.25, 0.3) is 0 Å². The molecule has 2 heterocycles. The average molecular weight is 333 g/mol. The van der Waals surface area contributed by atoms with Crippen LogP contribution in [0.5, 0.6) is 0 Å². The third-order valence-electron chi connectivity index (χ3n) is 4.13. The summed E-state index contributed by atoms with van der Waals surface area (Å²) in [4.78, 5) is 41.3. The van der Waals surface area contributed by atoms with Crippen LogP contribution in [0.2, 0.25) is 0 Å². The van der Waals surface area contributed by atoms with Gasteiger partial charge < -0.3 is 15.3 Å². The number of nitrogens with one attached hydrogen (secondary N) is 1. The topological polar surface area (TPSA) is 99.6 Å². The maximum atomic E-state index is 12.5. The molecule has 1 aromatic heterocycles. The molecule has 7 nitrogen and oxygen atoms in total. The van der Waals surface area contributed by atoms with Crippen LogP contribution in [-0.2, 0) is 4.79 Å². The molecule has 0 bridgehead atoms. The molecule has 1 unspecified atom stereocenters. The maximum Gasteiger partial charge on any atom is 0.335 e. The van der Waals surface area contributed by atoms with E-state index >= 15 is 0 Å². The number of pyridine rings is 1. The Morgan fingerprint density at radius 2 is 2.21 bits per heavy atom. The fourth-order valence-corrected chi connectivity index (χ4v) is 2.75. The van der Waals surface area contributed by atoms with Gasteiger partial charge in [-0.15, -0.1) is 0 Å². The summed E-state index contributed by atoms with van der Waals surface area (Å²) in [7, 11) is 0. The molecule has 130 valence electrons. The van der Waals surface area contributed by atoms with E-state index in [-0.39, 0.29) is 29.0 Å². The van der Waals surface area contributed by atoms with Crippen LogP contribution < -0.4 is 5.32 Å². The molecule has 0 saturated carbocycles. The molecule has 2 rings (SSSR count). The molecule has 0 spiro atoms. The Bertz CT molecular complexity index is 618. The highest BCUT2D eigenvalue weighted by molar-refractivity contribution is 5.96. The van der Waals surface area contributed by atoms with Gasteiger partial charge in [-0.25, -0.2) is 4.79 Å². The number of piperidine rings is 1. The molecule has 1 aromatic rings. The lowest BCUT2D eigenvalue weighted by Crippen LogP contribution is -2.45. The first-order valence-electron chi connectivity index (χ1n) is 8.29. The highest BCUT2D eigenvalue weighted by atomic mass is 16.4. The van der Waals surface area contributed by atoms with Crippen LogP contribution in [0.1, 0.15) is 53.5 Å². The van der Waals surface area contributed by atoms with E-state index in [1.807, 2.05) is 0 Å². The van der Waals surface area contributed by atoms with Gasteiger partial charge in [-0.3, -0.25) is 14.6 Å². The summed E-state index contributed by atoms with van der Waals surface area (Å²) in [5.41, 5.74) is 0.126. The smallest absolute Gasteiger partial charge is 0.335 e. The standard InChI is InChI=1S/C17H23N3O4/c1-2-3-7-19-15(21)13-5-4-9-20(11-13)16(22)14-10-12(17(23)24)6-8-18-14/h6,8,10,13H,2-5,7,9,11H2,1H3,(H,19,21)(H,23,24). The Balaban J connectivity index is 2.01. The zero-order valence-electron chi connectivity index (χ0n) is 13.8. The maximum absolute atomic E-state index is 12.5. The van der Waals surface area contributed by atoms with Gasteiger partial charge in [-0.1, -0.05) is 13.3 Å². The fraction of sp³-hybridized carbons (Fsp3) is 0.529. The summed E-state index contributed by atoms with van der Waals surface area (Å²) in [5, 5.41) is 11.9. The molecule has 0 radical (unpaired) electrons. The molecule has 2 N–H and O–H groups in total. The normalized spacial score (nSPS) is 17.4. The fourth-order valence-electron chi connectivity index (χ4n) is 2.75. The molecule has 1 saturated heterocycles. The van der Waals surface area contributed by atoms with Crippen molar-refractivity contribution in [1.29, 1.82) is 0 Å². The van der Waals surface area contributed by atoms with Crippen molar-refractivity contribution in [2.24, 2.45) is 5.92 Å². The van der Waals surface area contributed by atoms with Gasteiger partial charge >= 0.3 is 5.97 Å². The molecule has 0 aliphatic carbocycles. The van der Waals surface area contributed by atoms with Crippen LogP contribution in [0.15, 0.2) is 18.3 Å². The Morgan fingerprint density at radius 1 is 1.42 bits per heavy atom. The highest BCUT2D eigenvalue weighted by Gasteiger charge is 2.29. The van der Waals surface area contributed by atoms with Crippen LogP contribution >= 0.6 is 0 Å². The minimum absolute atomic E-state index is 0.0202. The lowest BCUT2D eigenvalue weighted by molar-refractivity contribution is -0.126. The van der Waals surface area contributed by atoms with Crippen molar-refractivity contribution in [3.8, 4) is 0 Å². The molecule has 24 heavy (non-hydrogen) atoms. The van der Waals surface area contributed by atoms with E-state index in [2.05, 4.69) is 17.2 Å². The van der Waals surface area contributed by atoms with Gasteiger partial charge in [0, 0.05) is 25.8 Å². The van der Waals surface area contributed by atoms with E-state index in [1.165, 1.54) is 18.3 Å². The molecule has 1 aliphatic rings. The monoisotopic (exact) mass is 333 g/mol. The second kappa shape index (κ2) is 8.42. The van der Waals surface area contributed by atoms with Crippen molar-refractivity contribution >= 4 is 17.8 Å². The van der Waals surface area contributed by atoms with E-state index in [0.29, 0.717) is 19.6 Å². The average Bonchev–Trinajstić information content (AvgIpc) is 2.61. The predicted molar refractivity (Wildman–Crippen MR) is 87.7 cm³/mol. The van der Waals surface area contributed by atoms with Gasteiger partial charge in [0.25, 0.3) is 5.91 Å². The minimum Gasteiger partial charge on any atom is -0.478 e. The quantitative estimate of drug-likeness (QED) is 0.769. The Hall–Kier alpha value is -2.44.